The van der Waals surface area contributed by atoms with Crippen molar-refractivity contribution in [1.82, 2.24) is 0 Å². The molecule has 0 spiro atoms. The molecule has 0 saturated carbocycles. The molecule has 0 atom stereocenters. The molecule has 0 heterocycles. The predicted molar refractivity (Wildman–Crippen MR) is 71.9 cm³/mol. The summed E-state index contributed by atoms with van der Waals surface area (Å²) in [7, 11) is 2.62. The van der Waals surface area contributed by atoms with Gasteiger partial charge in [-0.3, -0.25) is 0 Å². The molecule has 0 amide bonds. The average Bonchev–Trinajstić information content (AvgIpc) is 2.33. The summed E-state index contributed by atoms with van der Waals surface area (Å²) in [6, 6.07) is 0.857. The molecular formula is C13H24O3Si. The smallest absolute Gasteiger partial charge is 0.377 e. The number of hydrogen-bond acceptors (Lipinski definition) is 3. The van der Waals surface area contributed by atoms with Gasteiger partial charge < -0.3 is 13.3 Å². The van der Waals surface area contributed by atoms with E-state index >= 15 is 0 Å². The zero-order valence-electron chi connectivity index (χ0n) is 11.2. The van der Waals surface area contributed by atoms with Crippen LogP contribution in [0.5, 0.6) is 0 Å². The molecule has 0 fully saturated rings. The standard InChI is InChI=1S/C13H24O3Si/c1-14-17(15-2,16-3)12-11-13-9-7-5-4-6-8-10-13/h5,7,9H,4,6,8,10-12H2,1-3H3. The predicted octanol–water partition coefficient (Wildman–Crippen LogP) is 3.31. The van der Waals surface area contributed by atoms with E-state index in [0.29, 0.717) is 0 Å². The normalized spacial score (nSPS) is 17.5. The zero-order valence-corrected chi connectivity index (χ0v) is 12.2. The van der Waals surface area contributed by atoms with Crippen molar-refractivity contribution >= 4 is 8.80 Å². The van der Waals surface area contributed by atoms with Crippen molar-refractivity contribution in [3.8, 4) is 0 Å². The molecule has 0 aliphatic heterocycles. The minimum atomic E-state index is -2.40. The third kappa shape index (κ3) is 4.75. The highest BCUT2D eigenvalue weighted by atomic mass is 28.4. The number of rotatable bonds is 6. The van der Waals surface area contributed by atoms with Gasteiger partial charge in [-0.2, -0.15) is 0 Å². The van der Waals surface area contributed by atoms with Crippen LogP contribution in [0, 0.1) is 0 Å². The zero-order chi connectivity index (χ0) is 12.6. The first-order valence-corrected chi connectivity index (χ1v) is 8.19. The monoisotopic (exact) mass is 256 g/mol. The van der Waals surface area contributed by atoms with Crippen LogP contribution >= 0.6 is 0 Å². The van der Waals surface area contributed by atoms with Gasteiger partial charge in [0, 0.05) is 27.4 Å². The molecule has 3 nitrogen and oxygen atoms in total. The molecular weight excluding hydrogens is 232 g/mol. The average molecular weight is 256 g/mol. The maximum atomic E-state index is 5.43. The Balaban J connectivity index is 2.52. The summed E-state index contributed by atoms with van der Waals surface area (Å²) < 4.78 is 16.3. The van der Waals surface area contributed by atoms with E-state index in [-0.39, 0.29) is 0 Å². The lowest BCUT2D eigenvalue weighted by Gasteiger charge is -2.24. The fourth-order valence-corrected chi connectivity index (χ4v) is 3.82. The highest BCUT2D eigenvalue weighted by Crippen LogP contribution is 2.23. The van der Waals surface area contributed by atoms with Crippen molar-refractivity contribution in [2.24, 2.45) is 0 Å². The largest absolute Gasteiger partial charge is 0.500 e. The van der Waals surface area contributed by atoms with Crippen LogP contribution < -0.4 is 0 Å². The fraction of sp³-hybridized carbons (Fsp3) is 0.692. The SMILES string of the molecule is CO[Si](CCC1=CC=CCCCC1)(OC)OC. The van der Waals surface area contributed by atoms with Crippen LogP contribution in [0.1, 0.15) is 32.1 Å². The topological polar surface area (TPSA) is 27.7 Å². The Morgan fingerprint density at radius 2 is 1.82 bits per heavy atom. The van der Waals surface area contributed by atoms with E-state index in [1.54, 1.807) is 21.3 Å². The second-order valence-corrected chi connectivity index (χ2v) is 7.39. The van der Waals surface area contributed by atoms with Crippen LogP contribution in [-0.4, -0.2) is 30.1 Å². The fourth-order valence-electron chi connectivity index (χ4n) is 2.08. The molecule has 0 unspecified atom stereocenters. The van der Waals surface area contributed by atoms with Gasteiger partial charge in [0.1, 0.15) is 0 Å². The van der Waals surface area contributed by atoms with Crippen LogP contribution in [0.15, 0.2) is 23.8 Å². The summed E-state index contributed by atoms with van der Waals surface area (Å²) in [5.41, 5.74) is 1.48. The van der Waals surface area contributed by atoms with Crippen molar-refractivity contribution in [3.05, 3.63) is 23.8 Å². The molecule has 0 radical (unpaired) electrons. The Morgan fingerprint density at radius 3 is 2.47 bits per heavy atom. The van der Waals surface area contributed by atoms with Crippen molar-refractivity contribution in [2.45, 2.75) is 38.1 Å². The first-order valence-electron chi connectivity index (χ1n) is 6.26. The van der Waals surface area contributed by atoms with Gasteiger partial charge in [0.05, 0.1) is 0 Å². The van der Waals surface area contributed by atoms with Gasteiger partial charge in [0.2, 0.25) is 0 Å². The van der Waals surface area contributed by atoms with E-state index in [1.807, 2.05) is 0 Å². The van der Waals surface area contributed by atoms with Crippen LogP contribution in [0.25, 0.3) is 0 Å². The summed E-state index contributed by atoms with van der Waals surface area (Å²) in [4.78, 5) is 0. The van der Waals surface area contributed by atoms with Gasteiger partial charge in [0.25, 0.3) is 0 Å². The minimum Gasteiger partial charge on any atom is -0.377 e. The Kier molecular flexibility index (Phi) is 6.73. The molecule has 0 saturated heterocycles. The lowest BCUT2D eigenvalue weighted by atomic mass is 10.0. The Hall–Kier alpha value is -0.423. The molecule has 17 heavy (non-hydrogen) atoms. The highest BCUT2D eigenvalue weighted by molar-refractivity contribution is 6.60. The van der Waals surface area contributed by atoms with E-state index < -0.39 is 8.80 Å². The van der Waals surface area contributed by atoms with E-state index in [9.17, 15) is 0 Å². The van der Waals surface area contributed by atoms with E-state index in [2.05, 4.69) is 18.2 Å². The summed E-state index contributed by atoms with van der Waals surface area (Å²) in [6.45, 7) is 0. The van der Waals surface area contributed by atoms with Crippen LogP contribution in [0.3, 0.4) is 0 Å². The lowest BCUT2D eigenvalue weighted by molar-refractivity contribution is 0.123. The van der Waals surface area contributed by atoms with Crippen molar-refractivity contribution < 1.29 is 13.3 Å². The van der Waals surface area contributed by atoms with E-state index in [0.717, 1.165) is 12.5 Å². The Morgan fingerprint density at radius 1 is 1.12 bits per heavy atom. The van der Waals surface area contributed by atoms with E-state index in [4.69, 9.17) is 13.3 Å². The Labute approximate surface area is 106 Å². The molecule has 0 N–H and O–H groups in total. The molecule has 0 aromatic carbocycles. The molecule has 1 aliphatic carbocycles. The maximum Gasteiger partial charge on any atom is 0.500 e. The summed E-state index contributed by atoms with van der Waals surface area (Å²) in [5, 5.41) is 0. The summed E-state index contributed by atoms with van der Waals surface area (Å²) >= 11 is 0. The summed E-state index contributed by atoms with van der Waals surface area (Å²) in [6.07, 6.45) is 12.6. The molecule has 1 aliphatic rings. The van der Waals surface area contributed by atoms with Gasteiger partial charge in [-0.1, -0.05) is 23.8 Å². The van der Waals surface area contributed by atoms with Gasteiger partial charge in [-0.15, -0.1) is 0 Å². The summed E-state index contributed by atoms with van der Waals surface area (Å²) in [5.74, 6) is 0. The Bertz CT molecular complexity index is 262. The van der Waals surface area contributed by atoms with Gasteiger partial charge in [-0.05, 0) is 32.1 Å². The quantitative estimate of drug-likeness (QED) is 0.682. The minimum absolute atomic E-state index is 0.857. The van der Waals surface area contributed by atoms with Crippen LogP contribution in [0.4, 0.5) is 0 Å². The molecule has 98 valence electrons. The second-order valence-electron chi connectivity index (χ2n) is 4.29. The second kappa shape index (κ2) is 7.82. The maximum absolute atomic E-state index is 5.43. The first-order chi connectivity index (χ1) is 8.26. The molecule has 0 aromatic heterocycles. The number of allylic oxidation sites excluding steroid dienone is 4. The van der Waals surface area contributed by atoms with Crippen LogP contribution in [-0.2, 0) is 13.3 Å². The molecule has 1 rings (SSSR count). The van der Waals surface area contributed by atoms with Crippen molar-refractivity contribution in [3.63, 3.8) is 0 Å². The third-order valence-electron chi connectivity index (χ3n) is 3.27. The van der Waals surface area contributed by atoms with E-state index in [1.165, 1.54) is 31.3 Å². The van der Waals surface area contributed by atoms with Gasteiger partial charge >= 0.3 is 8.80 Å². The van der Waals surface area contributed by atoms with Crippen molar-refractivity contribution in [2.75, 3.05) is 21.3 Å². The highest BCUT2D eigenvalue weighted by Gasteiger charge is 2.37. The third-order valence-corrected chi connectivity index (χ3v) is 6.00. The van der Waals surface area contributed by atoms with Gasteiger partial charge in [-0.25, -0.2) is 0 Å². The first kappa shape index (κ1) is 14.6. The van der Waals surface area contributed by atoms with Crippen molar-refractivity contribution in [1.29, 1.82) is 0 Å². The molecule has 0 aromatic rings. The number of hydrogen-bond donors (Lipinski definition) is 0. The lowest BCUT2D eigenvalue weighted by Crippen LogP contribution is -2.42. The van der Waals surface area contributed by atoms with Gasteiger partial charge in [0.15, 0.2) is 0 Å². The van der Waals surface area contributed by atoms with Crippen LogP contribution in [0.2, 0.25) is 6.04 Å². The molecule has 0 bridgehead atoms. The molecule has 4 heteroatoms.